The maximum absolute atomic E-state index is 12.4. The lowest BCUT2D eigenvalue weighted by molar-refractivity contribution is -0.136. The maximum Gasteiger partial charge on any atom is 0.306 e. The highest BCUT2D eigenvalue weighted by molar-refractivity contribution is 6.78. The number of hydrogen-bond acceptors (Lipinski definition) is 3. The van der Waals surface area contributed by atoms with Crippen LogP contribution in [-0.4, -0.2) is 38.8 Å². The lowest BCUT2D eigenvalue weighted by atomic mass is 10.4. The first-order valence-electron chi connectivity index (χ1n) is 7.77. The van der Waals surface area contributed by atoms with Gasteiger partial charge in [0.2, 0.25) is 0 Å². The topological polar surface area (TPSA) is 29.5 Å². The molecule has 0 saturated carbocycles. The van der Waals surface area contributed by atoms with Gasteiger partial charge in [-0.3, -0.25) is 9.69 Å². The molecule has 0 aliphatic heterocycles. The van der Waals surface area contributed by atoms with Crippen molar-refractivity contribution in [1.29, 1.82) is 0 Å². The van der Waals surface area contributed by atoms with Crippen LogP contribution in [0.4, 0.5) is 0 Å². The molecule has 20 heavy (non-hydrogen) atoms. The summed E-state index contributed by atoms with van der Waals surface area (Å²) in [4.78, 5) is 14.4. The van der Waals surface area contributed by atoms with Gasteiger partial charge in [0.25, 0.3) is 8.32 Å². The van der Waals surface area contributed by atoms with E-state index in [2.05, 4.69) is 59.9 Å². The molecular formula is C16H33NO2Si. The van der Waals surface area contributed by atoms with Crippen LogP contribution in [-0.2, 0) is 9.22 Å². The minimum Gasteiger partial charge on any atom is -0.517 e. The van der Waals surface area contributed by atoms with E-state index in [1.807, 2.05) is 6.08 Å². The third-order valence-corrected chi connectivity index (χ3v) is 10.2. The summed E-state index contributed by atoms with van der Waals surface area (Å²) in [5.74, 6) is -0.0727. The molecule has 3 nitrogen and oxygen atoms in total. The molecule has 0 amide bonds. The quantitative estimate of drug-likeness (QED) is 0.472. The summed E-state index contributed by atoms with van der Waals surface area (Å²) in [6.07, 6.45) is 1.83. The van der Waals surface area contributed by atoms with Crippen molar-refractivity contribution in [3.05, 3.63) is 12.7 Å². The second-order valence-corrected chi connectivity index (χ2v) is 11.8. The first-order chi connectivity index (χ1) is 9.22. The van der Waals surface area contributed by atoms with Crippen molar-refractivity contribution in [3.8, 4) is 0 Å². The Morgan fingerprint density at radius 1 is 1.15 bits per heavy atom. The van der Waals surface area contributed by atoms with E-state index in [4.69, 9.17) is 4.43 Å². The van der Waals surface area contributed by atoms with Gasteiger partial charge in [0.1, 0.15) is 0 Å². The molecule has 0 spiro atoms. The minimum absolute atomic E-state index is 0.0727. The number of hydrogen-bond donors (Lipinski definition) is 0. The highest BCUT2D eigenvalue weighted by Gasteiger charge is 2.48. The average Bonchev–Trinajstić information content (AvgIpc) is 2.33. The monoisotopic (exact) mass is 299 g/mol. The summed E-state index contributed by atoms with van der Waals surface area (Å²) < 4.78 is 6.13. The Bertz CT molecular complexity index is 292. The Morgan fingerprint density at radius 3 is 1.90 bits per heavy atom. The van der Waals surface area contributed by atoms with Crippen molar-refractivity contribution in [2.24, 2.45) is 0 Å². The molecule has 0 aliphatic rings. The first-order valence-corrected chi connectivity index (χ1v) is 9.91. The Labute approximate surface area is 126 Å². The van der Waals surface area contributed by atoms with Crippen molar-refractivity contribution in [2.75, 3.05) is 19.6 Å². The fraction of sp³-hybridized carbons (Fsp3) is 0.812. The number of nitrogens with zero attached hydrogens (tertiary/aromatic N) is 1. The van der Waals surface area contributed by atoms with E-state index < -0.39 is 8.32 Å². The molecule has 0 saturated heterocycles. The molecule has 0 N–H and O–H groups in total. The van der Waals surface area contributed by atoms with Gasteiger partial charge in [-0.25, -0.2) is 0 Å². The molecule has 4 heteroatoms. The van der Waals surface area contributed by atoms with E-state index >= 15 is 0 Å². The van der Waals surface area contributed by atoms with Gasteiger partial charge in [-0.2, -0.15) is 0 Å². The fourth-order valence-electron chi connectivity index (χ4n) is 3.25. The molecule has 0 radical (unpaired) electrons. The standard InChI is InChI=1S/C16H33NO2Si/c1-9-11-17(10-2)12-16(18)19-20(13(3)4,14(5)6)15(7)8/h9,13-15H,1,10-12H2,2-8H3. The molecule has 0 bridgehead atoms. The highest BCUT2D eigenvalue weighted by Crippen LogP contribution is 2.42. The number of likely N-dealkylation sites (N-methyl/N-ethyl adjacent to an activating group) is 1. The third-order valence-electron chi connectivity index (χ3n) is 4.18. The normalized spacial score (nSPS) is 12.6. The summed E-state index contributed by atoms with van der Waals surface area (Å²) in [7, 11) is -2.10. The molecule has 0 aromatic carbocycles. The summed E-state index contributed by atoms with van der Waals surface area (Å²) in [6, 6.07) is 0. The van der Waals surface area contributed by atoms with E-state index in [9.17, 15) is 4.79 Å². The molecule has 0 aromatic heterocycles. The van der Waals surface area contributed by atoms with Crippen LogP contribution in [0.15, 0.2) is 12.7 Å². The van der Waals surface area contributed by atoms with E-state index in [-0.39, 0.29) is 5.97 Å². The van der Waals surface area contributed by atoms with Crippen molar-refractivity contribution in [2.45, 2.75) is 65.1 Å². The zero-order valence-electron chi connectivity index (χ0n) is 14.4. The predicted octanol–water partition coefficient (Wildman–Crippen LogP) is 4.21. The van der Waals surface area contributed by atoms with Gasteiger partial charge in [-0.15, -0.1) is 6.58 Å². The first kappa shape index (κ1) is 19.4. The summed E-state index contributed by atoms with van der Waals surface area (Å²) in [5.41, 5.74) is 1.29. The van der Waals surface area contributed by atoms with Gasteiger partial charge in [0.15, 0.2) is 0 Å². The zero-order chi connectivity index (χ0) is 15.9. The van der Waals surface area contributed by atoms with Crippen LogP contribution in [0.5, 0.6) is 0 Å². The third kappa shape index (κ3) is 4.74. The summed E-state index contributed by atoms with van der Waals surface area (Å²) in [5, 5.41) is 0. The number of carbonyl (C=O) groups excluding carboxylic acids is 1. The van der Waals surface area contributed by atoms with E-state index in [1.165, 1.54) is 0 Å². The Hall–Kier alpha value is -0.613. The Morgan fingerprint density at radius 2 is 1.60 bits per heavy atom. The van der Waals surface area contributed by atoms with Crippen LogP contribution in [0.1, 0.15) is 48.5 Å². The molecule has 0 unspecified atom stereocenters. The van der Waals surface area contributed by atoms with Crippen LogP contribution in [0.25, 0.3) is 0 Å². The zero-order valence-corrected chi connectivity index (χ0v) is 15.4. The molecule has 0 aromatic rings. The second-order valence-electron chi connectivity index (χ2n) is 6.41. The smallest absolute Gasteiger partial charge is 0.306 e. The van der Waals surface area contributed by atoms with Gasteiger partial charge < -0.3 is 4.43 Å². The van der Waals surface area contributed by atoms with Crippen molar-refractivity contribution in [1.82, 2.24) is 4.90 Å². The van der Waals surface area contributed by atoms with Gasteiger partial charge in [0, 0.05) is 6.54 Å². The maximum atomic E-state index is 12.4. The summed E-state index contributed by atoms with van der Waals surface area (Å²) >= 11 is 0. The molecule has 118 valence electrons. The SMILES string of the molecule is C=CCN(CC)CC(=O)O[Si](C(C)C)(C(C)C)C(C)C. The summed E-state index contributed by atoms with van der Waals surface area (Å²) in [6.45, 7) is 20.9. The molecule has 0 aliphatic carbocycles. The molecule has 0 rings (SSSR count). The van der Waals surface area contributed by atoms with E-state index in [1.54, 1.807) is 0 Å². The van der Waals surface area contributed by atoms with Crippen molar-refractivity contribution < 1.29 is 9.22 Å². The largest absolute Gasteiger partial charge is 0.517 e. The van der Waals surface area contributed by atoms with Gasteiger partial charge in [0.05, 0.1) is 6.54 Å². The van der Waals surface area contributed by atoms with E-state index in [0.717, 1.165) is 13.1 Å². The molecular weight excluding hydrogens is 266 g/mol. The molecule has 0 atom stereocenters. The minimum atomic E-state index is -2.10. The second kappa shape index (κ2) is 8.62. The lowest BCUT2D eigenvalue weighted by Crippen LogP contribution is -2.50. The van der Waals surface area contributed by atoms with Crippen LogP contribution in [0, 0.1) is 0 Å². The average molecular weight is 300 g/mol. The van der Waals surface area contributed by atoms with Crippen molar-refractivity contribution >= 4 is 14.3 Å². The van der Waals surface area contributed by atoms with Crippen LogP contribution < -0.4 is 0 Å². The Kier molecular flexibility index (Phi) is 8.36. The number of carbonyl (C=O) groups is 1. The molecule has 0 fully saturated rings. The highest BCUT2D eigenvalue weighted by atomic mass is 28.4. The lowest BCUT2D eigenvalue weighted by Gasteiger charge is -2.41. The fourth-order valence-corrected chi connectivity index (χ4v) is 8.42. The van der Waals surface area contributed by atoms with Crippen LogP contribution >= 0.6 is 0 Å². The van der Waals surface area contributed by atoms with Crippen molar-refractivity contribution in [3.63, 3.8) is 0 Å². The van der Waals surface area contributed by atoms with Crippen LogP contribution in [0.3, 0.4) is 0 Å². The van der Waals surface area contributed by atoms with Gasteiger partial charge in [-0.1, -0.05) is 54.5 Å². The number of rotatable bonds is 9. The molecule has 0 heterocycles. The predicted molar refractivity (Wildman–Crippen MR) is 89.5 cm³/mol. The van der Waals surface area contributed by atoms with Crippen LogP contribution in [0.2, 0.25) is 16.6 Å². The van der Waals surface area contributed by atoms with E-state index in [0.29, 0.717) is 23.2 Å². The Balaban J connectivity index is 4.99. The van der Waals surface area contributed by atoms with Gasteiger partial charge >= 0.3 is 5.97 Å². The van der Waals surface area contributed by atoms with Gasteiger partial charge in [-0.05, 0) is 23.2 Å².